The number of rotatable bonds is 3. The molecule has 4 nitrogen and oxygen atoms in total. The zero-order valence-corrected chi connectivity index (χ0v) is 11.4. The van der Waals surface area contributed by atoms with Crippen LogP contribution < -0.4 is 5.73 Å². The van der Waals surface area contributed by atoms with Crippen molar-refractivity contribution in [2.45, 2.75) is 26.3 Å². The molecular formula is C12H14BrN3O. The second-order valence-corrected chi connectivity index (χ2v) is 5.02. The highest BCUT2D eigenvalue weighted by molar-refractivity contribution is 9.10. The first-order chi connectivity index (χ1) is 8.11. The van der Waals surface area contributed by atoms with Crippen LogP contribution in [0.5, 0.6) is 0 Å². The van der Waals surface area contributed by atoms with Crippen LogP contribution in [0.1, 0.15) is 31.2 Å². The smallest absolute Gasteiger partial charge is 0.240 e. The van der Waals surface area contributed by atoms with Gasteiger partial charge in [-0.25, -0.2) is 0 Å². The summed E-state index contributed by atoms with van der Waals surface area (Å²) >= 11 is 3.46. The average molecular weight is 296 g/mol. The SMILES string of the molecule is CC(C)c1ccc(Br)cc1-c1noc(CN)n1. The zero-order chi connectivity index (χ0) is 12.4. The van der Waals surface area contributed by atoms with Crippen LogP contribution in [-0.2, 0) is 6.54 Å². The van der Waals surface area contributed by atoms with Gasteiger partial charge >= 0.3 is 0 Å². The third-order valence-corrected chi connectivity index (χ3v) is 3.01. The van der Waals surface area contributed by atoms with Crippen LogP contribution in [0.25, 0.3) is 11.4 Å². The molecule has 17 heavy (non-hydrogen) atoms. The van der Waals surface area contributed by atoms with Crippen LogP contribution in [0.4, 0.5) is 0 Å². The Bertz CT molecular complexity index is 522. The Morgan fingerprint density at radius 1 is 1.41 bits per heavy atom. The first kappa shape index (κ1) is 12.3. The summed E-state index contributed by atoms with van der Waals surface area (Å²) in [6.45, 7) is 4.53. The lowest BCUT2D eigenvalue weighted by Gasteiger charge is -2.10. The quantitative estimate of drug-likeness (QED) is 0.945. The van der Waals surface area contributed by atoms with Crippen molar-refractivity contribution in [2.75, 3.05) is 0 Å². The fourth-order valence-electron chi connectivity index (χ4n) is 1.67. The van der Waals surface area contributed by atoms with Gasteiger partial charge in [0.2, 0.25) is 11.7 Å². The molecule has 0 aliphatic carbocycles. The molecule has 1 aromatic heterocycles. The zero-order valence-electron chi connectivity index (χ0n) is 9.77. The maximum absolute atomic E-state index is 5.46. The van der Waals surface area contributed by atoms with Crippen LogP contribution in [0.15, 0.2) is 27.2 Å². The number of nitrogens with two attached hydrogens (primary N) is 1. The molecule has 0 unspecified atom stereocenters. The van der Waals surface area contributed by atoms with Crippen molar-refractivity contribution in [3.63, 3.8) is 0 Å². The number of benzene rings is 1. The number of nitrogens with zero attached hydrogens (tertiary/aromatic N) is 2. The van der Waals surface area contributed by atoms with E-state index in [1.165, 1.54) is 5.56 Å². The maximum Gasteiger partial charge on any atom is 0.240 e. The Balaban J connectivity index is 2.52. The largest absolute Gasteiger partial charge is 0.338 e. The molecule has 0 spiro atoms. The van der Waals surface area contributed by atoms with Crippen molar-refractivity contribution in [3.8, 4) is 11.4 Å². The van der Waals surface area contributed by atoms with Crippen molar-refractivity contribution in [1.29, 1.82) is 0 Å². The Labute approximate surface area is 108 Å². The molecule has 0 saturated carbocycles. The van der Waals surface area contributed by atoms with Crippen LogP contribution in [-0.4, -0.2) is 10.1 Å². The molecule has 2 rings (SSSR count). The molecule has 0 aliphatic rings. The Morgan fingerprint density at radius 3 is 2.76 bits per heavy atom. The van der Waals surface area contributed by atoms with Gasteiger partial charge in [0, 0.05) is 10.0 Å². The van der Waals surface area contributed by atoms with Crippen molar-refractivity contribution in [2.24, 2.45) is 5.73 Å². The lowest BCUT2D eigenvalue weighted by Crippen LogP contribution is -1.97. The van der Waals surface area contributed by atoms with Gasteiger partial charge in [-0.2, -0.15) is 4.98 Å². The standard InChI is InChI=1S/C12H14BrN3O/c1-7(2)9-4-3-8(13)5-10(9)12-15-11(6-14)17-16-12/h3-5,7H,6,14H2,1-2H3. The molecular weight excluding hydrogens is 282 g/mol. The molecule has 0 fully saturated rings. The molecule has 1 heterocycles. The maximum atomic E-state index is 5.46. The molecule has 90 valence electrons. The van der Waals surface area contributed by atoms with Gasteiger partial charge < -0.3 is 10.3 Å². The highest BCUT2D eigenvalue weighted by Crippen LogP contribution is 2.30. The van der Waals surface area contributed by atoms with Crippen LogP contribution >= 0.6 is 15.9 Å². The minimum absolute atomic E-state index is 0.262. The molecule has 2 aromatic rings. The first-order valence-corrected chi connectivity index (χ1v) is 6.23. The second kappa shape index (κ2) is 4.98. The molecule has 2 N–H and O–H groups in total. The number of hydrogen-bond donors (Lipinski definition) is 1. The number of hydrogen-bond acceptors (Lipinski definition) is 4. The fraction of sp³-hybridized carbons (Fsp3) is 0.333. The predicted octanol–water partition coefficient (Wildman–Crippen LogP) is 3.08. The summed E-state index contributed by atoms with van der Waals surface area (Å²) in [7, 11) is 0. The topological polar surface area (TPSA) is 64.9 Å². The molecule has 0 radical (unpaired) electrons. The summed E-state index contributed by atoms with van der Waals surface area (Å²) in [5, 5.41) is 3.95. The van der Waals surface area contributed by atoms with Gasteiger partial charge in [0.05, 0.1) is 6.54 Å². The summed E-state index contributed by atoms with van der Waals surface area (Å²) in [6, 6.07) is 6.09. The molecule has 0 saturated heterocycles. The average Bonchev–Trinajstić information content (AvgIpc) is 2.76. The molecule has 0 amide bonds. The summed E-state index contributed by atoms with van der Waals surface area (Å²) in [5.41, 5.74) is 7.64. The molecule has 1 aromatic carbocycles. The second-order valence-electron chi connectivity index (χ2n) is 4.10. The first-order valence-electron chi connectivity index (χ1n) is 5.44. The van der Waals surface area contributed by atoms with Gasteiger partial charge in [-0.3, -0.25) is 0 Å². The van der Waals surface area contributed by atoms with Gasteiger partial charge in [-0.1, -0.05) is 41.0 Å². The van der Waals surface area contributed by atoms with Crippen molar-refractivity contribution < 1.29 is 4.52 Å². The van der Waals surface area contributed by atoms with E-state index in [0.29, 0.717) is 17.6 Å². The summed E-state index contributed by atoms with van der Waals surface area (Å²) < 4.78 is 6.04. The lowest BCUT2D eigenvalue weighted by atomic mass is 9.97. The summed E-state index contributed by atoms with van der Waals surface area (Å²) in [4.78, 5) is 4.26. The van der Waals surface area contributed by atoms with E-state index in [1.54, 1.807) is 0 Å². The van der Waals surface area contributed by atoms with Gasteiger partial charge in [0.1, 0.15) is 0 Å². The molecule has 0 aliphatic heterocycles. The minimum Gasteiger partial charge on any atom is -0.338 e. The van der Waals surface area contributed by atoms with E-state index in [0.717, 1.165) is 10.0 Å². The Kier molecular flexibility index (Phi) is 3.59. The van der Waals surface area contributed by atoms with E-state index in [1.807, 2.05) is 12.1 Å². The fourth-order valence-corrected chi connectivity index (χ4v) is 2.03. The van der Waals surface area contributed by atoms with Crippen LogP contribution in [0, 0.1) is 0 Å². The predicted molar refractivity (Wildman–Crippen MR) is 69.4 cm³/mol. The van der Waals surface area contributed by atoms with Crippen LogP contribution in [0.3, 0.4) is 0 Å². The van der Waals surface area contributed by atoms with E-state index in [9.17, 15) is 0 Å². The van der Waals surface area contributed by atoms with Crippen molar-refractivity contribution in [1.82, 2.24) is 10.1 Å². The van der Waals surface area contributed by atoms with E-state index in [-0.39, 0.29) is 6.54 Å². The minimum atomic E-state index is 0.262. The third kappa shape index (κ3) is 2.56. The van der Waals surface area contributed by atoms with Gasteiger partial charge in [0.25, 0.3) is 0 Å². The normalized spacial score (nSPS) is 11.1. The Morgan fingerprint density at radius 2 is 2.18 bits per heavy atom. The summed E-state index contributed by atoms with van der Waals surface area (Å²) in [5.74, 6) is 1.45. The Hall–Kier alpha value is -1.20. The van der Waals surface area contributed by atoms with Crippen molar-refractivity contribution >= 4 is 15.9 Å². The third-order valence-electron chi connectivity index (χ3n) is 2.52. The molecule has 0 bridgehead atoms. The summed E-state index contributed by atoms with van der Waals surface area (Å²) in [6.07, 6.45) is 0. The van der Waals surface area contributed by atoms with E-state index in [2.05, 4.69) is 46.0 Å². The van der Waals surface area contributed by atoms with Gasteiger partial charge in [-0.15, -0.1) is 0 Å². The van der Waals surface area contributed by atoms with Gasteiger partial charge in [-0.05, 0) is 23.6 Å². The highest BCUT2D eigenvalue weighted by Gasteiger charge is 2.14. The van der Waals surface area contributed by atoms with Crippen molar-refractivity contribution in [3.05, 3.63) is 34.1 Å². The van der Waals surface area contributed by atoms with E-state index < -0.39 is 0 Å². The molecule has 5 heteroatoms. The molecule has 0 atom stereocenters. The number of halogens is 1. The van der Waals surface area contributed by atoms with Crippen LogP contribution in [0.2, 0.25) is 0 Å². The van der Waals surface area contributed by atoms with E-state index in [4.69, 9.17) is 10.3 Å². The number of aromatic nitrogens is 2. The lowest BCUT2D eigenvalue weighted by molar-refractivity contribution is 0.380. The van der Waals surface area contributed by atoms with Gasteiger partial charge in [0.15, 0.2) is 0 Å². The highest BCUT2D eigenvalue weighted by atomic mass is 79.9. The monoisotopic (exact) mass is 295 g/mol. The van der Waals surface area contributed by atoms with E-state index >= 15 is 0 Å².